The minimum Gasteiger partial charge on any atom is -0.508 e. The van der Waals surface area contributed by atoms with Crippen molar-refractivity contribution in [3.05, 3.63) is 29.8 Å². The second-order valence-corrected chi connectivity index (χ2v) is 10.5. The maximum atomic E-state index is 12.9. The molecule has 4 rings (SSSR count). The number of aromatic nitrogens is 5. The van der Waals surface area contributed by atoms with Gasteiger partial charge in [0.25, 0.3) is 0 Å². The van der Waals surface area contributed by atoms with Gasteiger partial charge in [-0.15, -0.1) is 5.10 Å². The third-order valence-corrected chi connectivity index (χ3v) is 7.66. The summed E-state index contributed by atoms with van der Waals surface area (Å²) < 4.78 is 1.48. The molecule has 1 aliphatic rings. The number of hydrogen-bond donors (Lipinski definition) is 6. The van der Waals surface area contributed by atoms with E-state index in [9.17, 15) is 25.2 Å². The summed E-state index contributed by atoms with van der Waals surface area (Å²) in [6.07, 6.45) is -0.544. The van der Waals surface area contributed by atoms with Gasteiger partial charge < -0.3 is 31.1 Å². The molecule has 2 heterocycles. The van der Waals surface area contributed by atoms with Crippen molar-refractivity contribution < 1.29 is 25.2 Å². The van der Waals surface area contributed by atoms with Gasteiger partial charge in [0.1, 0.15) is 11.9 Å². The minimum atomic E-state index is -1.33. The summed E-state index contributed by atoms with van der Waals surface area (Å²) in [5.41, 5.74) is 1.42. The van der Waals surface area contributed by atoms with Crippen LogP contribution in [0, 0.1) is 5.92 Å². The highest BCUT2D eigenvalue weighted by Crippen LogP contribution is 2.37. The number of carbonyl (C=O) groups is 1. The second kappa shape index (κ2) is 12.7. The number of unbranched alkanes of at least 4 members (excludes halogenated alkanes) is 1. The van der Waals surface area contributed by atoms with Gasteiger partial charge in [-0.25, -0.2) is 14.6 Å². The highest BCUT2D eigenvalue weighted by atomic mass is 32.2. The first kappa shape index (κ1) is 28.0. The van der Waals surface area contributed by atoms with E-state index in [1.54, 1.807) is 12.1 Å². The van der Waals surface area contributed by atoms with Crippen LogP contribution in [0.15, 0.2) is 29.4 Å². The number of aliphatic hydroxyl groups is 3. The lowest BCUT2D eigenvalue weighted by molar-refractivity contribution is -0.129. The van der Waals surface area contributed by atoms with Gasteiger partial charge in [0.2, 0.25) is 5.91 Å². The fraction of sp³-hybridized carbons (Fsp3) is 0.560. The number of fused-ring (bicyclic) bond motifs is 1. The average molecular weight is 546 g/mol. The molecule has 38 heavy (non-hydrogen) atoms. The second-order valence-electron chi connectivity index (χ2n) is 9.43. The maximum Gasteiger partial charge on any atom is 0.226 e. The predicted octanol–water partition coefficient (Wildman–Crippen LogP) is 1.77. The molecule has 13 heteroatoms. The van der Waals surface area contributed by atoms with Crippen LogP contribution in [-0.2, 0) is 4.79 Å². The molecule has 206 valence electrons. The zero-order valence-electron chi connectivity index (χ0n) is 21.5. The van der Waals surface area contributed by atoms with Crippen LogP contribution in [-0.4, -0.2) is 82.3 Å². The largest absolute Gasteiger partial charge is 0.508 e. The van der Waals surface area contributed by atoms with E-state index in [4.69, 9.17) is 0 Å². The van der Waals surface area contributed by atoms with Crippen molar-refractivity contribution in [3.8, 4) is 5.75 Å². The molecule has 1 unspecified atom stereocenters. The number of benzene rings is 1. The first-order chi connectivity index (χ1) is 18.3. The number of nitrogens with zero attached hydrogens (tertiary/aromatic N) is 5. The van der Waals surface area contributed by atoms with E-state index >= 15 is 0 Å². The third-order valence-electron chi connectivity index (χ3n) is 6.61. The standard InChI is InChI=1S/C25H35N7O5S/c1-3-5-10-26-22-19-23(29-25(28-22)38-11-4-2)32(31-30-19)17-12-16(20(35)21(17)36)24(37)27-13-18(34)14-6-8-15(33)9-7-14/h6-9,16-18,20-21,33-36H,3-5,10-13H2,1-2H3,(H,27,37)(H,26,28,29)/t16-,17+,18?,20+,21-/m0/s1. The lowest BCUT2D eigenvalue weighted by Crippen LogP contribution is -2.39. The maximum absolute atomic E-state index is 12.9. The van der Waals surface area contributed by atoms with Gasteiger partial charge in [-0.2, -0.15) is 0 Å². The Hall–Kier alpha value is -3.00. The van der Waals surface area contributed by atoms with Gasteiger partial charge in [-0.05, 0) is 37.0 Å². The molecule has 2 aromatic heterocycles. The fourth-order valence-electron chi connectivity index (χ4n) is 4.45. The normalized spacial score (nSPS) is 22.0. The molecular weight excluding hydrogens is 510 g/mol. The van der Waals surface area contributed by atoms with E-state index < -0.39 is 36.2 Å². The number of phenolic OH excluding ortho intramolecular Hbond substituents is 1. The first-order valence-corrected chi connectivity index (χ1v) is 13.9. The van der Waals surface area contributed by atoms with Crippen molar-refractivity contribution in [1.82, 2.24) is 30.3 Å². The number of thioether (sulfide) groups is 1. The average Bonchev–Trinajstić information content (AvgIpc) is 3.47. The molecular formula is C25H35N7O5S. The molecule has 6 N–H and O–H groups in total. The van der Waals surface area contributed by atoms with E-state index in [1.165, 1.54) is 28.6 Å². The zero-order valence-corrected chi connectivity index (χ0v) is 22.3. The number of carbonyl (C=O) groups excluding carboxylic acids is 1. The molecule has 5 atom stereocenters. The van der Waals surface area contributed by atoms with Crippen LogP contribution in [0.2, 0.25) is 0 Å². The molecule has 1 aromatic carbocycles. The highest BCUT2D eigenvalue weighted by molar-refractivity contribution is 7.99. The predicted molar refractivity (Wildman–Crippen MR) is 143 cm³/mol. The summed E-state index contributed by atoms with van der Waals surface area (Å²) in [5.74, 6) is 0.0739. The summed E-state index contributed by atoms with van der Waals surface area (Å²) in [6.45, 7) is 4.81. The summed E-state index contributed by atoms with van der Waals surface area (Å²) in [7, 11) is 0. The summed E-state index contributed by atoms with van der Waals surface area (Å²) in [6, 6.07) is 5.30. The number of aromatic hydroxyl groups is 1. The van der Waals surface area contributed by atoms with Crippen molar-refractivity contribution in [2.45, 2.75) is 69.0 Å². The molecule has 0 radical (unpaired) electrons. The molecule has 1 amide bonds. The van der Waals surface area contributed by atoms with Gasteiger partial charge in [0.15, 0.2) is 22.1 Å². The number of rotatable bonds is 12. The van der Waals surface area contributed by atoms with Crippen molar-refractivity contribution in [1.29, 1.82) is 0 Å². The lowest BCUT2D eigenvalue weighted by Gasteiger charge is -2.18. The number of amides is 1. The van der Waals surface area contributed by atoms with E-state index in [1.807, 2.05) is 0 Å². The zero-order chi connectivity index (χ0) is 27.2. The Bertz CT molecular complexity index is 1220. The van der Waals surface area contributed by atoms with E-state index in [0.717, 1.165) is 31.6 Å². The number of hydrogen-bond acceptors (Lipinski definition) is 11. The van der Waals surface area contributed by atoms with Gasteiger partial charge >= 0.3 is 0 Å². The lowest BCUT2D eigenvalue weighted by atomic mass is 10.0. The summed E-state index contributed by atoms with van der Waals surface area (Å²) in [5, 5.41) is 56.4. The van der Waals surface area contributed by atoms with Crippen LogP contribution >= 0.6 is 11.8 Å². The van der Waals surface area contributed by atoms with Crippen LogP contribution in [0.25, 0.3) is 11.2 Å². The van der Waals surface area contributed by atoms with E-state index in [0.29, 0.717) is 27.7 Å². The highest BCUT2D eigenvalue weighted by Gasteiger charge is 2.47. The number of nitrogens with one attached hydrogen (secondary N) is 2. The third kappa shape index (κ3) is 6.17. The Morgan fingerprint density at radius 2 is 1.92 bits per heavy atom. The van der Waals surface area contributed by atoms with Gasteiger partial charge in [0, 0.05) is 18.8 Å². The minimum absolute atomic E-state index is 0.0740. The Morgan fingerprint density at radius 1 is 1.16 bits per heavy atom. The fourth-order valence-corrected chi connectivity index (χ4v) is 5.15. The number of anilines is 1. The Morgan fingerprint density at radius 3 is 2.63 bits per heavy atom. The molecule has 0 saturated heterocycles. The Balaban J connectivity index is 1.51. The number of aliphatic hydroxyl groups excluding tert-OH is 3. The van der Waals surface area contributed by atoms with Crippen LogP contribution in [0.5, 0.6) is 5.75 Å². The van der Waals surface area contributed by atoms with Gasteiger partial charge in [-0.3, -0.25) is 4.79 Å². The summed E-state index contributed by atoms with van der Waals surface area (Å²) in [4.78, 5) is 22.2. The summed E-state index contributed by atoms with van der Waals surface area (Å²) >= 11 is 1.51. The monoisotopic (exact) mass is 545 g/mol. The van der Waals surface area contributed by atoms with Crippen molar-refractivity contribution in [2.75, 3.05) is 24.2 Å². The van der Waals surface area contributed by atoms with Crippen molar-refractivity contribution >= 4 is 34.7 Å². The first-order valence-electron chi connectivity index (χ1n) is 12.9. The van der Waals surface area contributed by atoms with Crippen LogP contribution in [0.4, 0.5) is 5.82 Å². The molecule has 1 fully saturated rings. The van der Waals surface area contributed by atoms with Crippen molar-refractivity contribution in [3.63, 3.8) is 0 Å². The molecule has 1 aliphatic carbocycles. The molecule has 0 spiro atoms. The smallest absolute Gasteiger partial charge is 0.226 e. The van der Waals surface area contributed by atoms with E-state index in [-0.39, 0.29) is 18.7 Å². The van der Waals surface area contributed by atoms with Crippen molar-refractivity contribution in [2.24, 2.45) is 5.92 Å². The molecule has 12 nitrogen and oxygen atoms in total. The quantitative estimate of drug-likeness (QED) is 0.111. The topological polar surface area (TPSA) is 179 Å². The molecule has 3 aromatic rings. The van der Waals surface area contributed by atoms with Gasteiger partial charge in [-0.1, -0.05) is 49.4 Å². The number of phenols is 1. The Labute approximate surface area is 224 Å². The van der Waals surface area contributed by atoms with Gasteiger partial charge in [0.05, 0.1) is 24.2 Å². The van der Waals surface area contributed by atoms with Crippen LogP contribution in [0.3, 0.4) is 0 Å². The van der Waals surface area contributed by atoms with Crippen LogP contribution < -0.4 is 10.6 Å². The molecule has 0 bridgehead atoms. The molecule has 1 saturated carbocycles. The SMILES string of the molecule is CCCCNc1nc(SCCC)nc2c1nnn2[C@@H]1C[C@H](C(=O)NCC(O)c2ccc(O)cc2)[C@@H](O)[C@H]1O. The van der Waals surface area contributed by atoms with E-state index in [2.05, 4.69) is 44.8 Å². The molecule has 0 aliphatic heterocycles. The van der Waals surface area contributed by atoms with Crippen LogP contribution in [0.1, 0.15) is 57.2 Å². The Kier molecular flexibility index (Phi) is 9.36.